The molecule has 0 unspecified atom stereocenters. The number of hydrogen-bond acceptors (Lipinski definition) is 4. The predicted molar refractivity (Wildman–Crippen MR) is 139 cm³/mol. The lowest BCUT2D eigenvalue weighted by Gasteiger charge is -2.38. The van der Waals surface area contributed by atoms with Crippen molar-refractivity contribution in [1.82, 2.24) is 15.1 Å². The first-order valence-electron chi connectivity index (χ1n) is 12.2. The normalized spacial score (nSPS) is 15.3. The van der Waals surface area contributed by atoms with Crippen LogP contribution in [0.5, 0.6) is 5.75 Å². The Bertz CT molecular complexity index is 1170. The van der Waals surface area contributed by atoms with Crippen molar-refractivity contribution >= 4 is 12.0 Å². The quantitative estimate of drug-likeness (QED) is 0.480. The van der Waals surface area contributed by atoms with E-state index in [0.29, 0.717) is 26.3 Å². The van der Waals surface area contributed by atoms with Gasteiger partial charge in [-0.2, -0.15) is 5.10 Å². The molecule has 1 fully saturated rings. The van der Waals surface area contributed by atoms with Gasteiger partial charge in [0, 0.05) is 42.5 Å². The molecule has 3 aromatic rings. The van der Waals surface area contributed by atoms with Crippen molar-refractivity contribution in [3.8, 4) is 5.75 Å². The van der Waals surface area contributed by atoms with Crippen molar-refractivity contribution in [2.75, 3.05) is 26.9 Å². The number of benzene rings is 2. The van der Waals surface area contributed by atoms with Crippen molar-refractivity contribution in [2.45, 2.75) is 45.6 Å². The number of amides is 1. The first kappa shape index (κ1) is 24.7. The summed E-state index contributed by atoms with van der Waals surface area (Å²) >= 11 is 0. The zero-order valence-corrected chi connectivity index (χ0v) is 21.1. The Morgan fingerprint density at radius 1 is 1.09 bits per heavy atom. The van der Waals surface area contributed by atoms with Gasteiger partial charge >= 0.3 is 0 Å². The molecule has 0 atom stereocenters. The number of nitrogens with one attached hydrogen (secondary N) is 1. The van der Waals surface area contributed by atoms with Gasteiger partial charge < -0.3 is 14.8 Å². The summed E-state index contributed by atoms with van der Waals surface area (Å²) in [5.74, 6) is 0.728. The van der Waals surface area contributed by atoms with Gasteiger partial charge in [-0.25, -0.2) is 0 Å². The number of carbonyl (C=O) groups excluding carboxylic acids is 1. The second-order valence-corrected chi connectivity index (χ2v) is 9.40. The minimum Gasteiger partial charge on any atom is -0.497 e. The molecule has 6 nitrogen and oxygen atoms in total. The molecule has 0 saturated carbocycles. The summed E-state index contributed by atoms with van der Waals surface area (Å²) in [4.78, 5) is 12.8. The molecule has 1 aliphatic heterocycles. The summed E-state index contributed by atoms with van der Waals surface area (Å²) in [5.41, 5.74) is 6.46. The minimum atomic E-state index is -0.140. The lowest BCUT2D eigenvalue weighted by molar-refractivity contribution is -0.116. The fourth-order valence-electron chi connectivity index (χ4n) is 4.72. The Labute approximate surface area is 208 Å². The zero-order chi connectivity index (χ0) is 24.8. The van der Waals surface area contributed by atoms with Gasteiger partial charge in [0.05, 0.1) is 19.3 Å². The van der Waals surface area contributed by atoms with E-state index in [2.05, 4.69) is 48.6 Å². The maximum absolute atomic E-state index is 12.8. The van der Waals surface area contributed by atoms with E-state index in [1.54, 1.807) is 13.2 Å². The molecular formula is C29H35N3O3. The summed E-state index contributed by atoms with van der Waals surface area (Å²) in [7, 11) is 1.67. The Morgan fingerprint density at radius 2 is 1.77 bits per heavy atom. The molecule has 0 bridgehead atoms. The van der Waals surface area contributed by atoms with E-state index < -0.39 is 0 Å². The van der Waals surface area contributed by atoms with Crippen molar-refractivity contribution in [3.05, 3.63) is 88.2 Å². The number of aromatic nitrogens is 2. The zero-order valence-electron chi connectivity index (χ0n) is 21.1. The number of rotatable bonds is 8. The topological polar surface area (TPSA) is 65.4 Å². The smallest absolute Gasteiger partial charge is 0.244 e. The van der Waals surface area contributed by atoms with Crippen LogP contribution in [-0.2, 0) is 21.5 Å². The second-order valence-electron chi connectivity index (χ2n) is 9.40. The first-order valence-corrected chi connectivity index (χ1v) is 12.2. The first-order chi connectivity index (χ1) is 16.9. The molecule has 1 aliphatic rings. The third kappa shape index (κ3) is 5.82. The van der Waals surface area contributed by atoms with Gasteiger partial charge in [-0.15, -0.1) is 0 Å². The predicted octanol–water partition coefficient (Wildman–Crippen LogP) is 4.74. The van der Waals surface area contributed by atoms with E-state index >= 15 is 0 Å². The van der Waals surface area contributed by atoms with Crippen molar-refractivity contribution in [3.63, 3.8) is 0 Å². The molecule has 4 rings (SSSR count). The van der Waals surface area contributed by atoms with Crippen molar-refractivity contribution in [2.24, 2.45) is 0 Å². The average molecular weight is 474 g/mol. The standard InChI is InChI=1S/C29H35N3O3/c1-21-5-7-24(8-6-21)19-32-23(3)27(22(2)31-32)13-14-28(33)30-20-29(15-17-35-18-16-29)25-9-11-26(34-4)12-10-25/h5-14H,15-20H2,1-4H3,(H,30,33)/b14-13+. The van der Waals surface area contributed by atoms with Crippen LogP contribution in [-0.4, -0.2) is 42.6 Å². The molecule has 0 aliphatic carbocycles. The van der Waals surface area contributed by atoms with Gasteiger partial charge in [0.25, 0.3) is 0 Å². The maximum Gasteiger partial charge on any atom is 0.244 e. The molecule has 0 spiro atoms. The Balaban J connectivity index is 1.43. The van der Waals surface area contributed by atoms with E-state index in [1.807, 2.05) is 36.7 Å². The average Bonchev–Trinajstić information content (AvgIpc) is 3.15. The largest absolute Gasteiger partial charge is 0.497 e. The summed E-state index contributed by atoms with van der Waals surface area (Å²) < 4.78 is 12.9. The van der Waals surface area contributed by atoms with Gasteiger partial charge in [-0.1, -0.05) is 42.0 Å². The minimum absolute atomic E-state index is 0.102. The Morgan fingerprint density at radius 3 is 2.43 bits per heavy atom. The highest BCUT2D eigenvalue weighted by Gasteiger charge is 2.34. The summed E-state index contributed by atoms with van der Waals surface area (Å²) in [6, 6.07) is 16.6. The summed E-state index contributed by atoms with van der Waals surface area (Å²) in [6.07, 6.45) is 5.23. The van der Waals surface area contributed by atoms with Crippen LogP contribution in [0.3, 0.4) is 0 Å². The van der Waals surface area contributed by atoms with E-state index in [-0.39, 0.29) is 11.3 Å². The highest BCUT2D eigenvalue weighted by atomic mass is 16.5. The molecular weight excluding hydrogens is 438 g/mol. The monoisotopic (exact) mass is 473 g/mol. The third-order valence-electron chi connectivity index (χ3n) is 7.05. The maximum atomic E-state index is 12.8. The molecule has 1 amide bonds. The SMILES string of the molecule is COc1ccc(C2(CNC(=O)/C=C/c3c(C)nn(Cc4ccc(C)cc4)c3C)CCOCC2)cc1. The molecule has 1 N–H and O–H groups in total. The van der Waals surface area contributed by atoms with Crippen LogP contribution in [0.1, 0.15) is 46.5 Å². The molecule has 0 radical (unpaired) electrons. The number of ether oxygens (including phenoxy) is 2. The second kappa shape index (κ2) is 10.9. The van der Waals surface area contributed by atoms with Crippen LogP contribution >= 0.6 is 0 Å². The lowest BCUT2D eigenvalue weighted by atomic mass is 9.74. The van der Waals surface area contributed by atoms with Gasteiger partial charge in [-0.05, 0) is 62.9 Å². The number of hydrogen-bond donors (Lipinski definition) is 1. The van der Waals surface area contributed by atoms with E-state index in [0.717, 1.165) is 35.5 Å². The Kier molecular flexibility index (Phi) is 7.71. The molecule has 1 saturated heterocycles. The molecule has 184 valence electrons. The third-order valence-corrected chi connectivity index (χ3v) is 7.05. The Hall–Kier alpha value is -3.38. The van der Waals surface area contributed by atoms with Crippen LogP contribution in [0.2, 0.25) is 0 Å². The number of carbonyl (C=O) groups is 1. The van der Waals surface area contributed by atoms with Crippen LogP contribution < -0.4 is 10.1 Å². The van der Waals surface area contributed by atoms with Crippen LogP contribution in [0.25, 0.3) is 6.08 Å². The van der Waals surface area contributed by atoms with Crippen molar-refractivity contribution in [1.29, 1.82) is 0 Å². The molecule has 2 aromatic carbocycles. The molecule has 2 heterocycles. The van der Waals surface area contributed by atoms with Gasteiger partial charge in [-0.3, -0.25) is 9.48 Å². The fraction of sp³-hybridized carbons (Fsp3) is 0.379. The van der Waals surface area contributed by atoms with Crippen LogP contribution in [0.15, 0.2) is 54.6 Å². The number of methoxy groups -OCH3 is 1. The molecule has 1 aromatic heterocycles. The lowest BCUT2D eigenvalue weighted by Crippen LogP contribution is -2.44. The van der Waals surface area contributed by atoms with Gasteiger partial charge in [0.1, 0.15) is 5.75 Å². The van der Waals surface area contributed by atoms with Gasteiger partial charge in [0.15, 0.2) is 0 Å². The highest BCUT2D eigenvalue weighted by molar-refractivity contribution is 5.92. The molecule has 35 heavy (non-hydrogen) atoms. The van der Waals surface area contributed by atoms with E-state index in [1.165, 1.54) is 16.7 Å². The number of nitrogens with zero attached hydrogens (tertiary/aromatic N) is 2. The van der Waals surface area contributed by atoms with E-state index in [9.17, 15) is 4.79 Å². The van der Waals surface area contributed by atoms with Crippen LogP contribution in [0, 0.1) is 20.8 Å². The van der Waals surface area contributed by atoms with Gasteiger partial charge in [0.2, 0.25) is 5.91 Å². The summed E-state index contributed by atoms with van der Waals surface area (Å²) in [6.45, 7) is 8.77. The fourth-order valence-corrected chi connectivity index (χ4v) is 4.72. The summed E-state index contributed by atoms with van der Waals surface area (Å²) in [5, 5.41) is 7.84. The molecule has 6 heteroatoms. The van der Waals surface area contributed by atoms with Crippen molar-refractivity contribution < 1.29 is 14.3 Å². The number of aryl methyl sites for hydroxylation is 2. The highest BCUT2D eigenvalue weighted by Crippen LogP contribution is 2.35. The van der Waals surface area contributed by atoms with E-state index in [4.69, 9.17) is 14.6 Å². The van der Waals surface area contributed by atoms with Crippen LogP contribution in [0.4, 0.5) is 0 Å².